The summed E-state index contributed by atoms with van der Waals surface area (Å²) in [6.07, 6.45) is 2.51. The first-order chi connectivity index (χ1) is 9.08. The normalized spacial score (nSPS) is 10.5. The van der Waals surface area contributed by atoms with Gasteiger partial charge in [-0.25, -0.2) is 0 Å². The van der Waals surface area contributed by atoms with E-state index < -0.39 is 0 Å². The second-order valence-electron chi connectivity index (χ2n) is 4.08. The Hall–Kier alpha value is -1.14. The molecule has 0 aliphatic heterocycles. The molecule has 2 aromatic rings. The Morgan fingerprint density at radius 1 is 1.37 bits per heavy atom. The zero-order valence-corrected chi connectivity index (χ0v) is 13.5. The molecule has 0 saturated heterocycles. The molecule has 0 aliphatic rings. The van der Waals surface area contributed by atoms with E-state index in [0.717, 1.165) is 21.1 Å². The summed E-state index contributed by atoms with van der Waals surface area (Å²) in [4.78, 5) is 12.0. The van der Waals surface area contributed by atoms with Gasteiger partial charge in [-0.3, -0.25) is 9.48 Å². The summed E-state index contributed by atoms with van der Waals surface area (Å²) in [5.74, 6) is -0.0819. The minimum absolute atomic E-state index is 0.0819. The first-order valence-electron chi connectivity index (χ1n) is 5.78. The van der Waals surface area contributed by atoms with Gasteiger partial charge in [0.25, 0.3) is 5.91 Å². The highest BCUT2D eigenvalue weighted by Crippen LogP contribution is 2.21. The highest BCUT2D eigenvalue weighted by molar-refractivity contribution is 9.11. The molecule has 0 fully saturated rings. The van der Waals surface area contributed by atoms with E-state index in [1.807, 2.05) is 29.9 Å². The molecule has 0 radical (unpaired) electrons. The van der Waals surface area contributed by atoms with Crippen molar-refractivity contribution in [1.29, 1.82) is 0 Å². The van der Waals surface area contributed by atoms with Gasteiger partial charge in [0.05, 0.1) is 5.56 Å². The number of aryl methyl sites for hydroxylation is 1. The van der Waals surface area contributed by atoms with Crippen LogP contribution in [0.2, 0.25) is 0 Å². The molecule has 19 heavy (non-hydrogen) atoms. The third kappa shape index (κ3) is 3.67. The Balaban J connectivity index is 1.93. The second-order valence-corrected chi connectivity index (χ2v) is 5.85. The van der Waals surface area contributed by atoms with Crippen LogP contribution in [-0.4, -0.2) is 22.2 Å². The molecule has 1 aromatic carbocycles. The minimum atomic E-state index is -0.0819. The van der Waals surface area contributed by atoms with Crippen molar-refractivity contribution in [2.75, 3.05) is 6.54 Å². The molecule has 100 valence electrons. The lowest BCUT2D eigenvalue weighted by molar-refractivity contribution is 0.0953. The lowest BCUT2D eigenvalue weighted by atomic mass is 10.2. The van der Waals surface area contributed by atoms with E-state index in [1.165, 1.54) is 0 Å². The molecule has 0 atom stereocenters. The molecule has 1 N–H and O–H groups in total. The summed E-state index contributed by atoms with van der Waals surface area (Å²) >= 11 is 6.75. The summed E-state index contributed by atoms with van der Waals surface area (Å²) in [7, 11) is 1.89. The quantitative estimate of drug-likeness (QED) is 0.878. The van der Waals surface area contributed by atoms with Gasteiger partial charge in [-0.2, -0.15) is 5.10 Å². The smallest absolute Gasteiger partial charge is 0.252 e. The number of nitrogens with zero attached hydrogens (tertiary/aromatic N) is 2. The topological polar surface area (TPSA) is 46.9 Å². The Kier molecular flexibility index (Phi) is 4.76. The van der Waals surface area contributed by atoms with Gasteiger partial charge in [0, 0.05) is 40.8 Å². The average molecular weight is 387 g/mol. The third-order valence-corrected chi connectivity index (χ3v) is 3.91. The van der Waals surface area contributed by atoms with E-state index in [9.17, 15) is 4.79 Å². The largest absolute Gasteiger partial charge is 0.352 e. The molecule has 6 heteroatoms. The van der Waals surface area contributed by atoms with Crippen LogP contribution in [0.4, 0.5) is 0 Å². The van der Waals surface area contributed by atoms with Gasteiger partial charge in [0.15, 0.2) is 0 Å². The zero-order chi connectivity index (χ0) is 13.8. The van der Waals surface area contributed by atoms with Crippen LogP contribution < -0.4 is 5.32 Å². The van der Waals surface area contributed by atoms with Crippen molar-refractivity contribution in [2.24, 2.45) is 7.05 Å². The van der Waals surface area contributed by atoms with Gasteiger partial charge in [-0.15, -0.1) is 0 Å². The van der Waals surface area contributed by atoms with Crippen molar-refractivity contribution in [2.45, 2.75) is 6.42 Å². The summed E-state index contributed by atoms with van der Waals surface area (Å²) in [5, 5.41) is 6.99. The molecule has 1 amide bonds. The van der Waals surface area contributed by atoms with E-state index in [4.69, 9.17) is 0 Å². The van der Waals surface area contributed by atoms with E-state index >= 15 is 0 Å². The summed E-state index contributed by atoms with van der Waals surface area (Å²) in [5.41, 5.74) is 1.73. The highest BCUT2D eigenvalue weighted by Gasteiger charge is 2.09. The molecule has 1 heterocycles. The molecule has 2 rings (SSSR count). The summed E-state index contributed by atoms with van der Waals surface area (Å²) < 4.78 is 3.52. The molecule has 4 nitrogen and oxygen atoms in total. The fourth-order valence-corrected chi connectivity index (χ4v) is 2.95. The van der Waals surface area contributed by atoms with Crippen LogP contribution in [0.25, 0.3) is 0 Å². The maximum atomic E-state index is 12.0. The van der Waals surface area contributed by atoms with Crippen LogP contribution >= 0.6 is 31.9 Å². The van der Waals surface area contributed by atoms with Gasteiger partial charge in [-0.1, -0.05) is 15.9 Å². The first kappa shape index (κ1) is 14.3. The van der Waals surface area contributed by atoms with Crippen LogP contribution in [-0.2, 0) is 13.5 Å². The molecule has 0 saturated carbocycles. The number of aromatic nitrogens is 2. The van der Waals surface area contributed by atoms with Gasteiger partial charge in [0.2, 0.25) is 0 Å². The van der Waals surface area contributed by atoms with Crippen molar-refractivity contribution >= 4 is 37.8 Å². The fourth-order valence-electron chi connectivity index (χ4n) is 1.72. The van der Waals surface area contributed by atoms with Crippen LogP contribution in [0, 0.1) is 0 Å². The number of benzene rings is 1. The lowest BCUT2D eigenvalue weighted by Gasteiger charge is -2.07. The number of carbonyl (C=O) groups is 1. The number of carbonyl (C=O) groups excluding carboxylic acids is 1. The van der Waals surface area contributed by atoms with Gasteiger partial charge < -0.3 is 5.32 Å². The van der Waals surface area contributed by atoms with Gasteiger partial charge in [0.1, 0.15) is 0 Å². The summed E-state index contributed by atoms with van der Waals surface area (Å²) in [6, 6.07) is 7.44. The Morgan fingerprint density at radius 3 is 2.79 bits per heavy atom. The zero-order valence-electron chi connectivity index (χ0n) is 10.4. The van der Waals surface area contributed by atoms with Crippen LogP contribution in [0.5, 0.6) is 0 Å². The van der Waals surface area contributed by atoms with Crippen molar-refractivity contribution in [3.8, 4) is 0 Å². The van der Waals surface area contributed by atoms with Crippen LogP contribution in [0.3, 0.4) is 0 Å². The highest BCUT2D eigenvalue weighted by atomic mass is 79.9. The minimum Gasteiger partial charge on any atom is -0.352 e. The second kappa shape index (κ2) is 6.34. The number of nitrogens with one attached hydrogen (secondary N) is 1. The monoisotopic (exact) mass is 385 g/mol. The molecule has 0 aliphatic carbocycles. The third-order valence-electron chi connectivity index (χ3n) is 2.76. The number of hydrogen-bond donors (Lipinski definition) is 1. The van der Waals surface area contributed by atoms with Crippen molar-refractivity contribution < 1.29 is 4.79 Å². The van der Waals surface area contributed by atoms with Gasteiger partial charge in [-0.05, 0) is 40.2 Å². The van der Waals surface area contributed by atoms with Crippen LogP contribution in [0.15, 0.2) is 39.4 Å². The van der Waals surface area contributed by atoms with E-state index in [2.05, 4.69) is 42.3 Å². The van der Waals surface area contributed by atoms with Crippen molar-refractivity contribution in [3.05, 3.63) is 50.7 Å². The van der Waals surface area contributed by atoms with E-state index in [-0.39, 0.29) is 5.91 Å². The number of rotatable bonds is 4. The predicted molar refractivity (Wildman–Crippen MR) is 81.1 cm³/mol. The Labute approximate surface area is 128 Å². The molecule has 0 spiro atoms. The number of amides is 1. The summed E-state index contributed by atoms with van der Waals surface area (Å²) in [6.45, 7) is 0.584. The molecule has 1 aromatic heterocycles. The predicted octanol–water partition coefficient (Wildman–Crippen LogP) is 2.92. The molecule has 0 unspecified atom stereocenters. The SMILES string of the molecule is Cn1nccc1CCNC(=O)c1ccc(Br)cc1Br. The molecular formula is C13H13Br2N3O. The molecular weight excluding hydrogens is 374 g/mol. The van der Waals surface area contributed by atoms with E-state index in [1.54, 1.807) is 12.3 Å². The first-order valence-corrected chi connectivity index (χ1v) is 7.36. The Bertz CT molecular complexity index is 595. The average Bonchev–Trinajstić information content (AvgIpc) is 2.75. The van der Waals surface area contributed by atoms with E-state index in [0.29, 0.717) is 12.1 Å². The Morgan fingerprint density at radius 2 is 2.16 bits per heavy atom. The fraction of sp³-hybridized carbons (Fsp3) is 0.231. The maximum Gasteiger partial charge on any atom is 0.252 e. The number of halogens is 2. The lowest BCUT2D eigenvalue weighted by Crippen LogP contribution is -2.26. The van der Waals surface area contributed by atoms with Crippen molar-refractivity contribution in [1.82, 2.24) is 15.1 Å². The standard InChI is InChI=1S/C13H13Br2N3O/c1-18-10(5-7-17-18)4-6-16-13(19)11-3-2-9(14)8-12(11)15/h2-3,5,7-8H,4,6H2,1H3,(H,16,19). The molecule has 0 bridgehead atoms. The maximum absolute atomic E-state index is 12.0. The van der Waals surface area contributed by atoms with Crippen LogP contribution in [0.1, 0.15) is 16.1 Å². The van der Waals surface area contributed by atoms with Gasteiger partial charge >= 0.3 is 0 Å². The number of hydrogen-bond acceptors (Lipinski definition) is 2. The van der Waals surface area contributed by atoms with Crippen molar-refractivity contribution in [3.63, 3.8) is 0 Å².